The summed E-state index contributed by atoms with van der Waals surface area (Å²) in [5, 5.41) is 5.70. The number of nitrogens with zero attached hydrogens (tertiary/aromatic N) is 1. The molecule has 5 nitrogen and oxygen atoms in total. The van der Waals surface area contributed by atoms with E-state index < -0.39 is 10.0 Å². The van der Waals surface area contributed by atoms with Crippen molar-refractivity contribution >= 4 is 39.3 Å². The molecule has 2 rings (SSSR count). The number of carbonyl (C=O) groups is 1. The first-order valence-electron chi connectivity index (χ1n) is 6.50. The Labute approximate surface area is 133 Å². The van der Waals surface area contributed by atoms with Gasteiger partial charge in [0.2, 0.25) is 15.9 Å². The van der Waals surface area contributed by atoms with Gasteiger partial charge in [0.05, 0.1) is 11.5 Å². The van der Waals surface area contributed by atoms with Crippen LogP contribution in [0.4, 0.5) is 0 Å². The Morgan fingerprint density at radius 3 is 2.67 bits per heavy atom. The highest BCUT2D eigenvalue weighted by molar-refractivity contribution is 8.00. The van der Waals surface area contributed by atoms with Crippen LogP contribution in [0.1, 0.15) is 6.42 Å². The normalized spacial score (nSPS) is 19.0. The van der Waals surface area contributed by atoms with Crippen LogP contribution in [0.5, 0.6) is 0 Å². The average Bonchev–Trinajstić information content (AvgIpc) is 2.84. The van der Waals surface area contributed by atoms with Crippen molar-refractivity contribution < 1.29 is 13.2 Å². The van der Waals surface area contributed by atoms with Gasteiger partial charge in [-0.2, -0.15) is 0 Å². The number of hydrogen-bond donors (Lipinski definition) is 1. The fraction of sp³-hybridized carbons (Fsp3) is 0.462. The Bertz CT molecular complexity index is 604. The van der Waals surface area contributed by atoms with Crippen molar-refractivity contribution in [2.75, 3.05) is 24.6 Å². The van der Waals surface area contributed by atoms with Gasteiger partial charge in [-0.15, -0.1) is 11.8 Å². The maximum atomic E-state index is 12.1. The fourth-order valence-electron chi connectivity index (χ4n) is 2.29. The summed E-state index contributed by atoms with van der Waals surface area (Å²) in [6, 6.07) is 7.31. The highest BCUT2D eigenvalue weighted by Crippen LogP contribution is 2.23. The SMILES string of the molecule is NS(=O)(=O)CC1CCN(C(=O)CSc2ccc(Cl)cc2)C1. The Kier molecular flexibility index (Phi) is 5.54. The van der Waals surface area contributed by atoms with Crippen molar-refractivity contribution in [3.63, 3.8) is 0 Å². The first kappa shape index (κ1) is 16.6. The van der Waals surface area contributed by atoms with Crippen molar-refractivity contribution in [1.29, 1.82) is 0 Å². The zero-order chi connectivity index (χ0) is 15.5. The van der Waals surface area contributed by atoms with Crippen molar-refractivity contribution in [3.8, 4) is 0 Å². The lowest BCUT2D eigenvalue weighted by Crippen LogP contribution is -2.31. The van der Waals surface area contributed by atoms with E-state index in [2.05, 4.69) is 0 Å². The van der Waals surface area contributed by atoms with Crippen molar-refractivity contribution in [3.05, 3.63) is 29.3 Å². The molecule has 1 aromatic carbocycles. The van der Waals surface area contributed by atoms with Crippen LogP contribution < -0.4 is 5.14 Å². The molecule has 8 heteroatoms. The zero-order valence-corrected chi connectivity index (χ0v) is 13.8. The van der Waals surface area contributed by atoms with Gasteiger partial charge in [0.1, 0.15) is 0 Å². The molecule has 1 atom stereocenters. The molecule has 0 saturated carbocycles. The number of hydrogen-bond acceptors (Lipinski definition) is 4. The van der Waals surface area contributed by atoms with E-state index in [1.54, 1.807) is 17.0 Å². The van der Waals surface area contributed by atoms with Crippen LogP contribution >= 0.6 is 23.4 Å². The molecule has 0 spiro atoms. The van der Waals surface area contributed by atoms with Crippen LogP contribution in [0.15, 0.2) is 29.2 Å². The molecule has 0 aliphatic carbocycles. The number of sulfonamides is 1. The molecule has 1 amide bonds. The summed E-state index contributed by atoms with van der Waals surface area (Å²) in [5.41, 5.74) is 0. The molecular weight excluding hydrogens is 332 g/mol. The van der Waals surface area contributed by atoms with Crippen LogP contribution in [-0.2, 0) is 14.8 Å². The van der Waals surface area contributed by atoms with Crippen molar-refractivity contribution in [1.82, 2.24) is 4.90 Å². The third kappa shape index (κ3) is 5.50. The maximum absolute atomic E-state index is 12.1. The largest absolute Gasteiger partial charge is 0.342 e. The second kappa shape index (κ2) is 7.00. The van der Waals surface area contributed by atoms with Gasteiger partial charge in [-0.3, -0.25) is 4.79 Å². The summed E-state index contributed by atoms with van der Waals surface area (Å²) in [6.07, 6.45) is 0.688. The van der Waals surface area contributed by atoms with E-state index in [-0.39, 0.29) is 17.6 Å². The molecule has 1 unspecified atom stereocenters. The number of thioether (sulfide) groups is 1. The van der Waals surface area contributed by atoms with Crippen LogP contribution in [0.2, 0.25) is 5.02 Å². The van der Waals surface area contributed by atoms with E-state index >= 15 is 0 Å². The molecule has 2 N–H and O–H groups in total. The predicted molar refractivity (Wildman–Crippen MR) is 84.8 cm³/mol. The number of benzene rings is 1. The molecule has 1 saturated heterocycles. The monoisotopic (exact) mass is 348 g/mol. The Hall–Kier alpha value is -0.760. The minimum Gasteiger partial charge on any atom is -0.342 e. The molecule has 1 fully saturated rings. The zero-order valence-electron chi connectivity index (χ0n) is 11.4. The van der Waals surface area contributed by atoms with Crippen molar-refractivity contribution in [2.45, 2.75) is 11.3 Å². The number of likely N-dealkylation sites (tertiary alicyclic amines) is 1. The Balaban J connectivity index is 1.80. The summed E-state index contributed by atoms with van der Waals surface area (Å²) in [7, 11) is -3.47. The molecule has 0 radical (unpaired) electrons. The first-order valence-corrected chi connectivity index (χ1v) is 9.58. The van der Waals surface area contributed by atoms with E-state index in [9.17, 15) is 13.2 Å². The van der Waals surface area contributed by atoms with Crippen LogP contribution in [0.3, 0.4) is 0 Å². The Morgan fingerprint density at radius 2 is 2.05 bits per heavy atom. The molecule has 1 aliphatic heterocycles. The van der Waals surface area contributed by atoms with Crippen LogP contribution in [-0.4, -0.2) is 43.8 Å². The summed E-state index contributed by atoms with van der Waals surface area (Å²) < 4.78 is 22.1. The molecule has 0 aromatic heterocycles. The van der Waals surface area contributed by atoms with Gasteiger partial charge in [-0.25, -0.2) is 13.6 Å². The molecule has 1 aliphatic rings. The van der Waals surface area contributed by atoms with E-state index in [1.165, 1.54) is 11.8 Å². The second-order valence-electron chi connectivity index (χ2n) is 5.07. The van der Waals surface area contributed by atoms with E-state index in [1.807, 2.05) is 12.1 Å². The average molecular weight is 349 g/mol. The van der Waals surface area contributed by atoms with E-state index in [0.717, 1.165) is 4.90 Å². The van der Waals surface area contributed by atoms with Crippen molar-refractivity contribution in [2.24, 2.45) is 11.1 Å². The summed E-state index contributed by atoms with van der Waals surface area (Å²) in [4.78, 5) is 14.8. The van der Waals surface area contributed by atoms with E-state index in [0.29, 0.717) is 30.3 Å². The number of carbonyl (C=O) groups excluding carboxylic acids is 1. The topological polar surface area (TPSA) is 80.5 Å². The summed E-state index contributed by atoms with van der Waals surface area (Å²) in [5.74, 6) is 0.251. The third-order valence-electron chi connectivity index (χ3n) is 3.28. The summed E-state index contributed by atoms with van der Waals surface area (Å²) in [6.45, 7) is 1.07. The second-order valence-corrected chi connectivity index (χ2v) is 8.21. The minimum atomic E-state index is -3.47. The maximum Gasteiger partial charge on any atom is 0.232 e. The molecule has 0 bridgehead atoms. The lowest BCUT2D eigenvalue weighted by atomic mass is 10.2. The lowest BCUT2D eigenvalue weighted by Gasteiger charge is -2.16. The van der Waals surface area contributed by atoms with Gasteiger partial charge in [-0.1, -0.05) is 11.6 Å². The number of halogens is 1. The highest BCUT2D eigenvalue weighted by Gasteiger charge is 2.28. The first-order chi connectivity index (χ1) is 9.83. The minimum absolute atomic E-state index is 0.0202. The molecule has 1 heterocycles. The standard InChI is InChI=1S/C13H17ClN2O3S2/c14-11-1-3-12(4-2-11)20-8-13(17)16-6-5-10(7-16)9-21(15,18)19/h1-4,10H,5-9H2,(H2,15,18,19). The van der Waals surface area contributed by atoms with Gasteiger partial charge in [-0.05, 0) is 36.6 Å². The smallest absolute Gasteiger partial charge is 0.232 e. The number of primary sulfonamides is 1. The quantitative estimate of drug-likeness (QED) is 0.819. The van der Waals surface area contributed by atoms with Gasteiger partial charge in [0.15, 0.2) is 0 Å². The lowest BCUT2D eigenvalue weighted by molar-refractivity contribution is -0.127. The van der Waals surface area contributed by atoms with Gasteiger partial charge in [0.25, 0.3) is 0 Å². The highest BCUT2D eigenvalue weighted by atomic mass is 35.5. The number of nitrogens with two attached hydrogens (primary N) is 1. The predicted octanol–water partition coefficient (Wildman–Crippen LogP) is 1.57. The van der Waals surface area contributed by atoms with Gasteiger partial charge in [0, 0.05) is 23.0 Å². The Morgan fingerprint density at radius 1 is 1.38 bits per heavy atom. The number of amides is 1. The summed E-state index contributed by atoms with van der Waals surface area (Å²) >= 11 is 7.25. The number of rotatable bonds is 5. The van der Waals surface area contributed by atoms with Crippen LogP contribution in [0.25, 0.3) is 0 Å². The molecule has 21 heavy (non-hydrogen) atoms. The van der Waals surface area contributed by atoms with Gasteiger partial charge < -0.3 is 4.90 Å². The van der Waals surface area contributed by atoms with Gasteiger partial charge >= 0.3 is 0 Å². The van der Waals surface area contributed by atoms with Crippen LogP contribution in [0, 0.1) is 5.92 Å². The third-order valence-corrected chi connectivity index (χ3v) is 5.47. The molecular formula is C13H17ClN2O3S2. The fourth-order valence-corrected chi connectivity index (χ4v) is 4.15. The van der Waals surface area contributed by atoms with E-state index in [4.69, 9.17) is 16.7 Å². The molecule has 116 valence electrons. The molecule has 1 aromatic rings.